The topological polar surface area (TPSA) is 127 Å². The first-order chi connectivity index (χ1) is 12.8. The molecule has 0 aliphatic heterocycles. The van der Waals surface area contributed by atoms with Gasteiger partial charge in [-0.1, -0.05) is 30.3 Å². The van der Waals surface area contributed by atoms with Crippen molar-refractivity contribution >= 4 is 11.8 Å². The Hall–Kier alpha value is -1.92. The molecule has 1 aliphatic carbocycles. The van der Waals surface area contributed by atoms with E-state index in [2.05, 4.69) is 0 Å². The molecule has 2 atom stereocenters. The Morgan fingerprint density at radius 2 is 1.81 bits per heavy atom. The molecule has 0 spiro atoms. The van der Waals surface area contributed by atoms with Crippen molar-refractivity contribution in [3.8, 4) is 0 Å². The molecular formula is C21H31N2O4. The van der Waals surface area contributed by atoms with Crippen LogP contribution in [0.15, 0.2) is 30.3 Å². The number of rotatable bonds is 10. The van der Waals surface area contributed by atoms with Gasteiger partial charge >= 0.3 is 0 Å². The number of benzene rings is 1. The summed E-state index contributed by atoms with van der Waals surface area (Å²) in [5.74, 6) is -1.37. The highest BCUT2D eigenvalue weighted by Crippen LogP contribution is 2.40. The first-order valence-corrected chi connectivity index (χ1v) is 9.65. The highest BCUT2D eigenvalue weighted by molar-refractivity contribution is 5.78. The van der Waals surface area contributed by atoms with E-state index < -0.39 is 23.5 Å². The minimum atomic E-state index is -1.20. The second kappa shape index (κ2) is 9.85. The maximum absolute atomic E-state index is 12.0. The Kier molecular flexibility index (Phi) is 7.80. The molecule has 1 aliphatic rings. The Morgan fingerprint density at radius 1 is 1.19 bits per heavy atom. The number of hydrogen-bond acceptors (Lipinski definition) is 4. The Morgan fingerprint density at radius 3 is 2.37 bits per heavy atom. The van der Waals surface area contributed by atoms with Crippen molar-refractivity contribution in [1.29, 1.82) is 0 Å². The summed E-state index contributed by atoms with van der Waals surface area (Å²) in [6.45, 7) is 0. The third-order valence-corrected chi connectivity index (χ3v) is 5.71. The van der Waals surface area contributed by atoms with E-state index in [1.165, 1.54) is 0 Å². The number of nitrogens with two attached hydrogens (primary N) is 2. The van der Waals surface area contributed by atoms with Crippen LogP contribution >= 0.6 is 0 Å². The van der Waals surface area contributed by atoms with Gasteiger partial charge in [-0.05, 0) is 62.8 Å². The van der Waals surface area contributed by atoms with Crippen molar-refractivity contribution in [3.63, 3.8) is 0 Å². The number of carbonyl (C=O) groups is 2. The van der Waals surface area contributed by atoms with Crippen LogP contribution in [0.3, 0.4) is 0 Å². The number of aliphatic hydroxyl groups excluding tert-OH is 1. The predicted octanol–water partition coefficient (Wildman–Crippen LogP) is 1.47. The van der Waals surface area contributed by atoms with Crippen LogP contribution in [0.2, 0.25) is 0 Å². The van der Waals surface area contributed by atoms with Gasteiger partial charge in [0.15, 0.2) is 0 Å². The van der Waals surface area contributed by atoms with Crippen molar-refractivity contribution in [1.82, 2.24) is 0 Å². The molecule has 1 aromatic carbocycles. The normalized spacial score (nSPS) is 24.9. The van der Waals surface area contributed by atoms with Crippen LogP contribution < -0.4 is 11.5 Å². The smallest absolute Gasteiger partial charge is 0.223 e. The molecule has 0 aromatic heterocycles. The van der Waals surface area contributed by atoms with E-state index in [-0.39, 0.29) is 12.3 Å². The van der Waals surface area contributed by atoms with E-state index in [0.29, 0.717) is 38.0 Å². The van der Waals surface area contributed by atoms with E-state index in [1.807, 2.05) is 30.3 Å². The Labute approximate surface area is 160 Å². The lowest BCUT2D eigenvalue weighted by molar-refractivity contribution is -0.138. The molecule has 1 radical (unpaired) electrons. The minimum absolute atomic E-state index is 0.116. The zero-order valence-corrected chi connectivity index (χ0v) is 15.7. The molecule has 6 heteroatoms. The molecule has 0 unspecified atom stereocenters. The van der Waals surface area contributed by atoms with Crippen molar-refractivity contribution in [2.45, 2.75) is 63.1 Å². The van der Waals surface area contributed by atoms with Crippen LogP contribution in [-0.4, -0.2) is 33.7 Å². The summed E-state index contributed by atoms with van der Waals surface area (Å²) >= 11 is 0. The highest BCUT2D eigenvalue weighted by atomic mass is 16.3. The standard InChI is InChI=1S/C21H31N2O4/c22-19(25)9-7-16-10-12-21(27,13-11-16)18(20(23)26)14-17(24)8-6-15-4-2-1-3-5-15/h1-5,8,16-18,24,27H,6-7,9-14H2,(H2,22,25)(H2,23,26)/t16?,17-,18+,21?/m0/s1. The lowest BCUT2D eigenvalue weighted by Gasteiger charge is -2.41. The van der Waals surface area contributed by atoms with E-state index in [1.54, 1.807) is 6.42 Å². The summed E-state index contributed by atoms with van der Waals surface area (Å²) in [7, 11) is 0. The van der Waals surface area contributed by atoms with Crippen molar-refractivity contribution in [2.75, 3.05) is 0 Å². The van der Waals surface area contributed by atoms with Crippen LogP contribution in [-0.2, 0) is 16.0 Å². The summed E-state index contributed by atoms with van der Waals surface area (Å²) in [6.07, 6.45) is 4.99. The van der Waals surface area contributed by atoms with Crippen LogP contribution in [0.25, 0.3) is 0 Å². The molecule has 149 valence electrons. The zero-order chi connectivity index (χ0) is 19.9. The largest absolute Gasteiger partial charge is 0.393 e. The quantitative estimate of drug-likeness (QED) is 0.494. The SMILES string of the molecule is NC(=O)CCC1CCC(O)([C@H](C[C@@H](O)[CH]Cc2ccccc2)C(N)=O)CC1. The highest BCUT2D eigenvalue weighted by Gasteiger charge is 2.43. The van der Waals surface area contributed by atoms with Crippen LogP contribution in [0.1, 0.15) is 50.5 Å². The van der Waals surface area contributed by atoms with Crippen molar-refractivity contribution in [2.24, 2.45) is 23.3 Å². The van der Waals surface area contributed by atoms with E-state index in [9.17, 15) is 19.8 Å². The molecule has 0 bridgehead atoms. The first kappa shape index (κ1) is 21.4. The van der Waals surface area contributed by atoms with E-state index >= 15 is 0 Å². The van der Waals surface area contributed by atoms with E-state index in [0.717, 1.165) is 18.4 Å². The van der Waals surface area contributed by atoms with Gasteiger partial charge < -0.3 is 21.7 Å². The molecule has 0 saturated heterocycles. The van der Waals surface area contributed by atoms with Gasteiger partial charge in [-0.2, -0.15) is 0 Å². The molecule has 0 heterocycles. The molecule has 1 fully saturated rings. The summed E-state index contributed by atoms with van der Waals surface area (Å²) in [6, 6.07) is 9.73. The van der Waals surface area contributed by atoms with Crippen LogP contribution in [0.5, 0.6) is 0 Å². The summed E-state index contributed by atoms with van der Waals surface area (Å²) in [5, 5.41) is 21.4. The molecular weight excluding hydrogens is 344 g/mol. The predicted molar refractivity (Wildman–Crippen MR) is 103 cm³/mol. The van der Waals surface area contributed by atoms with Crippen molar-refractivity contribution < 1.29 is 19.8 Å². The maximum Gasteiger partial charge on any atom is 0.223 e. The average Bonchev–Trinajstić information content (AvgIpc) is 2.64. The monoisotopic (exact) mass is 375 g/mol. The van der Waals surface area contributed by atoms with Crippen molar-refractivity contribution in [3.05, 3.63) is 42.3 Å². The van der Waals surface area contributed by atoms with Gasteiger partial charge in [0.1, 0.15) is 0 Å². The van der Waals surface area contributed by atoms with Crippen LogP contribution in [0.4, 0.5) is 0 Å². The zero-order valence-electron chi connectivity index (χ0n) is 15.7. The maximum atomic E-state index is 12.0. The second-order valence-electron chi connectivity index (χ2n) is 7.74. The first-order valence-electron chi connectivity index (χ1n) is 9.65. The Bertz CT molecular complexity index is 612. The molecule has 6 nitrogen and oxygen atoms in total. The van der Waals surface area contributed by atoms with E-state index in [4.69, 9.17) is 11.5 Å². The molecule has 1 saturated carbocycles. The number of amides is 2. The fourth-order valence-corrected chi connectivity index (χ4v) is 3.99. The van der Waals surface area contributed by atoms with Gasteiger partial charge in [-0.3, -0.25) is 9.59 Å². The van der Waals surface area contributed by atoms with Crippen LogP contribution in [0, 0.1) is 18.3 Å². The second-order valence-corrected chi connectivity index (χ2v) is 7.74. The third kappa shape index (κ3) is 6.63. The fraction of sp³-hybridized carbons (Fsp3) is 0.571. The number of aliphatic hydroxyl groups is 2. The lowest BCUT2D eigenvalue weighted by Crippen LogP contribution is -2.49. The van der Waals surface area contributed by atoms with Gasteiger partial charge in [0.05, 0.1) is 17.6 Å². The minimum Gasteiger partial charge on any atom is -0.393 e. The van der Waals surface area contributed by atoms with Gasteiger partial charge in [-0.25, -0.2) is 0 Å². The lowest BCUT2D eigenvalue weighted by atomic mass is 9.69. The molecule has 1 aromatic rings. The Balaban J connectivity index is 1.88. The fourth-order valence-electron chi connectivity index (χ4n) is 3.99. The molecule has 27 heavy (non-hydrogen) atoms. The molecule has 2 amide bonds. The summed E-state index contributed by atoms with van der Waals surface area (Å²) in [5.41, 5.74) is 10.6. The summed E-state index contributed by atoms with van der Waals surface area (Å²) < 4.78 is 0. The number of carbonyl (C=O) groups excluding carboxylic acids is 2. The molecule has 6 N–H and O–H groups in total. The van der Waals surface area contributed by atoms with Gasteiger partial charge in [0.2, 0.25) is 11.8 Å². The molecule has 2 rings (SSSR count). The van der Waals surface area contributed by atoms with Gasteiger partial charge in [0, 0.05) is 6.42 Å². The third-order valence-electron chi connectivity index (χ3n) is 5.71. The van der Waals surface area contributed by atoms with Gasteiger partial charge in [0.25, 0.3) is 0 Å². The number of hydrogen-bond donors (Lipinski definition) is 4. The van der Waals surface area contributed by atoms with Gasteiger partial charge in [-0.15, -0.1) is 0 Å². The summed E-state index contributed by atoms with van der Waals surface area (Å²) in [4.78, 5) is 22.9. The average molecular weight is 375 g/mol. The number of primary amides is 2.